The third-order valence-electron chi connectivity index (χ3n) is 3.10. The van der Waals surface area contributed by atoms with Gasteiger partial charge in [-0.05, 0) is 37.2 Å². The van der Waals surface area contributed by atoms with Gasteiger partial charge in [-0.2, -0.15) is 0 Å². The summed E-state index contributed by atoms with van der Waals surface area (Å²) in [5.41, 5.74) is 3.18. The van der Waals surface area contributed by atoms with Crippen LogP contribution in [0.2, 0.25) is 0 Å². The lowest BCUT2D eigenvalue weighted by molar-refractivity contribution is 0.301. The third kappa shape index (κ3) is 4.07. The van der Waals surface area contributed by atoms with Crippen LogP contribution in [0.5, 0.6) is 5.75 Å². The number of hydrogen-bond donors (Lipinski definition) is 1. The van der Waals surface area contributed by atoms with Gasteiger partial charge in [-0.25, -0.2) is 4.39 Å². The van der Waals surface area contributed by atoms with E-state index in [1.54, 1.807) is 6.07 Å². The van der Waals surface area contributed by atoms with E-state index in [9.17, 15) is 4.39 Å². The van der Waals surface area contributed by atoms with Crippen molar-refractivity contribution in [3.63, 3.8) is 0 Å². The largest absolute Gasteiger partial charge is 0.489 e. The van der Waals surface area contributed by atoms with Crippen LogP contribution >= 0.6 is 0 Å². The van der Waals surface area contributed by atoms with E-state index in [0.717, 1.165) is 23.4 Å². The number of benzene rings is 2. The first-order valence-electron chi connectivity index (χ1n) is 6.86. The fourth-order valence-corrected chi connectivity index (χ4v) is 1.93. The molecule has 0 fully saturated rings. The maximum atomic E-state index is 13.3. The third-order valence-corrected chi connectivity index (χ3v) is 3.10. The van der Waals surface area contributed by atoms with Gasteiger partial charge in [0.15, 0.2) is 0 Å². The quantitative estimate of drug-likeness (QED) is 0.864. The highest BCUT2D eigenvalue weighted by Gasteiger charge is 2.05. The number of hydrogen-bond acceptors (Lipinski definition) is 2. The van der Waals surface area contributed by atoms with Gasteiger partial charge in [0.25, 0.3) is 0 Å². The standard InChI is InChI=1S/C17H20FNO/c1-3-19-11-15-10-16(18)8-9-17(15)20-12-14-6-4-13(2)5-7-14/h4-10,19H,3,11-12H2,1-2H3. The van der Waals surface area contributed by atoms with Crippen molar-refractivity contribution in [2.75, 3.05) is 6.54 Å². The minimum Gasteiger partial charge on any atom is -0.489 e. The minimum absolute atomic E-state index is 0.236. The zero-order chi connectivity index (χ0) is 14.4. The molecule has 0 bridgehead atoms. The van der Waals surface area contributed by atoms with Gasteiger partial charge in [-0.15, -0.1) is 0 Å². The normalized spacial score (nSPS) is 10.6. The molecule has 3 heteroatoms. The second-order valence-electron chi connectivity index (χ2n) is 4.81. The molecule has 0 aliphatic carbocycles. The molecule has 106 valence electrons. The molecular weight excluding hydrogens is 253 g/mol. The summed E-state index contributed by atoms with van der Waals surface area (Å²) in [7, 11) is 0. The molecule has 20 heavy (non-hydrogen) atoms. The highest BCUT2D eigenvalue weighted by Crippen LogP contribution is 2.21. The van der Waals surface area contributed by atoms with Crippen LogP contribution in [0.25, 0.3) is 0 Å². The lowest BCUT2D eigenvalue weighted by atomic mass is 10.1. The van der Waals surface area contributed by atoms with E-state index in [1.807, 2.05) is 19.1 Å². The van der Waals surface area contributed by atoms with Gasteiger partial charge in [0, 0.05) is 12.1 Å². The zero-order valence-electron chi connectivity index (χ0n) is 11.9. The summed E-state index contributed by atoms with van der Waals surface area (Å²) in [5, 5.41) is 3.19. The minimum atomic E-state index is -0.236. The summed E-state index contributed by atoms with van der Waals surface area (Å²) in [6, 6.07) is 12.8. The molecular formula is C17H20FNO. The Bertz CT molecular complexity index is 551. The van der Waals surface area contributed by atoms with Crippen LogP contribution in [0.4, 0.5) is 4.39 Å². The van der Waals surface area contributed by atoms with Crippen LogP contribution < -0.4 is 10.1 Å². The van der Waals surface area contributed by atoms with E-state index < -0.39 is 0 Å². The van der Waals surface area contributed by atoms with Crippen LogP contribution in [-0.4, -0.2) is 6.54 Å². The molecule has 2 nitrogen and oxygen atoms in total. The van der Waals surface area contributed by atoms with E-state index >= 15 is 0 Å². The molecule has 2 aromatic rings. The molecule has 0 aliphatic heterocycles. The van der Waals surface area contributed by atoms with Gasteiger partial charge in [0.2, 0.25) is 0 Å². The van der Waals surface area contributed by atoms with Gasteiger partial charge >= 0.3 is 0 Å². The Kier molecular flexibility index (Phi) is 5.13. The molecule has 0 saturated carbocycles. The SMILES string of the molecule is CCNCc1cc(F)ccc1OCc1ccc(C)cc1. The van der Waals surface area contributed by atoms with E-state index in [0.29, 0.717) is 13.2 Å². The molecule has 0 unspecified atom stereocenters. The molecule has 0 atom stereocenters. The lowest BCUT2D eigenvalue weighted by Crippen LogP contribution is -2.13. The molecule has 0 amide bonds. The van der Waals surface area contributed by atoms with E-state index in [2.05, 4.69) is 24.4 Å². The summed E-state index contributed by atoms with van der Waals surface area (Å²) < 4.78 is 19.1. The lowest BCUT2D eigenvalue weighted by Gasteiger charge is -2.12. The molecule has 2 rings (SSSR count). The number of ether oxygens (including phenoxy) is 1. The van der Waals surface area contributed by atoms with E-state index in [4.69, 9.17) is 4.74 Å². The number of nitrogens with one attached hydrogen (secondary N) is 1. The first kappa shape index (κ1) is 14.5. The van der Waals surface area contributed by atoms with Crippen LogP contribution in [0.15, 0.2) is 42.5 Å². The topological polar surface area (TPSA) is 21.3 Å². The summed E-state index contributed by atoms with van der Waals surface area (Å²) in [4.78, 5) is 0. The average Bonchev–Trinajstić information content (AvgIpc) is 2.46. The average molecular weight is 273 g/mol. The summed E-state index contributed by atoms with van der Waals surface area (Å²) in [6.07, 6.45) is 0. The van der Waals surface area contributed by atoms with E-state index in [1.165, 1.54) is 17.7 Å². The Morgan fingerprint density at radius 2 is 1.85 bits per heavy atom. The molecule has 0 heterocycles. The molecule has 1 N–H and O–H groups in total. The first-order valence-corrected chi connectivity index (χ1v) is 6.86. The van der Waals surface area contributed by atoms with Crippen LogP contribution in [0.3, 0.4) is 0 Å². The van der Waals surface area contributed by atoms with Gasteiger partial charge in [-0.3, -0.25) is 0 Å². The Morgan fingerprint density at radius 1 is 1.10 bits per heavy atom. The van der Waals surface area contributed by atoms with Gasteiger partial charge in [0.1, 0.15) is 18.2 Å². The summed E-state index contributed by atoms with van der Waals surface area (Å²) >= 11 is 0. The second kappa shape index (κ2) is 7.06. The predicted molar refractivity (Wildman–Crippen MR) is 79.3 cm³/mol. The Balaban J connectivity index is 2.06. The van der Waals surface area contributed by atoms with Crippen LogP contribution in [-0.2, 0) is 13.2 Å². The van der Waals surface area contributed by atoms with Crippen molar-refractivity contribution in [1.29, 1.82) is 0 Å². The molecule has 0 spiro atoms. The molecule has 2 aromatic carbocycles. The van der Waals surface area contributed by atoms with Gasteiger partial charge in [-0.1, -0.05) is 36.8 Å². The fourth-order valence-electron chi connectivity index (χ4n) is 1.93. The second-order valence-corrected chi connectivity index (χ2v) is 4.81. The Morgan fingerprint density at radius 3 is 2.55 bits per heavy atom. The molecule has 0 saturated heterocycles. The smallest absolute Gasteiger partial charge is 0.124 e. The van der Waals surface area contributed by atoms with Crippen molar-refractivity contribution < 1.29 is 9.13 Å². The summed E-state index contributed by atoms with van der Waals surface area (Å²) in [6.45, 7) is 6.02. The van der Waals surface area contributed by atoms with Gasteiger partial charge in [0.05, 0.1) is 0 Å². The molecule has 0 radical (unpaired) electrons. The van der Waals surface area contributed by atoms with Crippen LogP contribution in [0, 0.1) is 12.7 Å². The molecule has 0 aromatic heterocycles. The van der Waals surface area contributed by atoms with Crippen LogP contribution in [0.1, 0.15) is 23.6 Å². The Labute approximate surface area is 119 Å². The molecule has 0 aliphatic rings. The predicted octanol–water partition coefficient (Wildman–Crippen LogP) is 3.82. The Hall–Kier alpha value is -1.87. The van der Waals surface area contributed by atoms with Gasteiger partial charge < -0.3 is 10.1 Å². The van der Waals surface area contributed by atoms with E-state index in [-0.39, 0.29) is 5.82 Å². The van der Waals surface area contributed by atoms with Crippen molar-refractivity contribution in [1.82, 2.24) is 5.32 Å². The van der Waals surface area contributed by atoms with Crippen molar-refractivity contribution in [2.45, 2.75) is 27.0 Å². The first-order chi connectivity index (χ1) is 9.69. The van der Waals surface area contributed by atoms with Crippen molar-refractivity contribution in [3.8, 4) is 5.75 Å². The maximum absolute atomic E-state index is 13.3. The fraction of sp³-hybridized carbons (Fsp3) is 0.294. The number of aryl methyl sites for hydroxylation is 1. The highest BCUT2D eigenvalue weighted by atomic mass is 19.1. The maximum Gasteiger partial charge on any atom is 0.124 e. The summed E-state index contributed by atoms with van der Waals surface area (Å²) in [5.74, 6) is 0.494. The highest BCUT2D eigenvalue weighted by molar-refractivity contribution is 5.34. The van der Waals surface area contributed by atoms with Crippen molar-refractivity contribution in [3.05, 3.63) is 65.0 Å². The van der Waals surface area contributed by atoms with Crippen molar-refractivity contribution in [2.24, 2.45) is 0 Å². The van der Waals surface area contributed by atoms with Crippen molar-refractivity contribution >= 4 is 0 Å². The number of halogens is 1. The monoisotopic (exact) mass is 273 g/mol. The number of rotatable bonds is 6. The zero-order valence-corrected chi connectivity index (χ0v) is 11.9.